The minimum absolute atomic E-state index is 0.00833. The molecule has 2 aromatic carbocycles. The lowest BCUT2D eigenvalue weighted by Crippen LogP contribution is -2.21. The molecule has 2 heterocycles. The number of phenolic OH excluding ortho intramolecular Hbond substituents is 1. The molecule has 0 spiro atoms. The van der Waals surface area contributed by atoms with Gasteiger partial charge in [-0.25, -0.2) is 0 Å². The Morgan fingerprint density at radius 3 is 2.68 bits per heavy atom. The van der Waals surface area contributed by atoms with Crippen molar-refractivity contribution >= 4 is 0 Å². The summed E-state index contributed by atoms with van der Waals surface area (Å²) < 4.78 is 10.8. The molecule has 1 aliphatic heterocycles. The Morgan fingerprint density at radius 2 is 2.00 bits per heavy atom. The molecule has 0 aliphatic carbocycles. The summed E-state index contributed by atoms with van der Waals surface area (Å²) >= 11 is 0. The predicted molar refractivity (Wildman–Crippen MR) is 103 cm³/mol. The van der Waals surface area contributed by atoms with E-state index in [1.165, 1.54) is 13.2 Å². The molecule has 4 rings (SSSR count). The number of phenols is 1. The molecule has 140 valence electrons. The number of nitriles is 1. The first-order valence-electron chi connectivity index (χ1n) is 8.63. The highest BCUT2D eigenvalue weighted by Crippen LogP contribution is 2.46. The van der Waals surface area contributed by atoms with Crippen molar-refractivity contribution < 1.29 is 14.6 Å². The Balaban J connectivity index is 1.94. The smallest absolute Gasteiger partial charge is 0.244 e. The standard InChI is InChI=1S/C21H18N4O3/c1-11-3-5-12(6-4-11)19-18-17(13-7-8-15(26)16(9-13)27-2)14(10-22)20(23)28-21(18)25-24-19/h3-9,17,26H,23H2,1-2H3,(H,24,25)/t17-/m0/s1. The fourth-order valence-corrected chi connectivity index (χ4v) is 3.39. The minimum atomic E-state index is -0.515. The average Bonchev–Trinajstić information content (AvgIpc) is 3.11. The zero-order valence-corrected chi connectivity index (χ0v) is 15.4. The summed E-state index contributed by atoms with van der Waals surface area (Å²) in [6.07, 6.45) is 0. The Bertz CT molecular complexity index is 1120. The summed E-state index contributed by atoms with van der Waals surface area (Å²) in [5.41, 5.74) is 10.5. The zero-order valence-electron chi connectivity index (χ0n) is 15.4. The van der Waals surface area contributed by atoms with Crippen LogP contribution in [-0.4, -0.2) is 22.4 Å². The van der Waals surface area contributed by atoms with Gasteiger partial charge in [0.05, 0.1) is 24.3 Å². The number of aromatic amines is 1. The van der Waals surface area contributed by atoms with Gasteiger partial charge in [0, 0.05) is 5.56 Å². The summed E-state index contributed by atoms with van der Waals surface area (Å²) in [6.45, 7) is 2.01. The Morgan fingerprint density at radius 1 is 1.25 bits per heavy atom. The van der Waals surface area contributed by atoms with E-state index in [0.29, 0.717) is 17.2 Å². The van der Waals surface area contributed by atoms with E-state index in [1.54, 1.807) is 12.1 Å². The van der Waals surface area contributed by atoms with Gasteiger partial charge >= 0.3 is 0 Å². The monoisotopic (exact) mass is 374 g/mol. The van der Waals surface area contributed by atoms with Crippen LogP contribution in [0.1, 0.15) is 22.6 Å². The molecular formula is C21H18N4O3. The fraction of sp³-hybridized carbons (Fsp3) is 0.143. The molecule has 0 amide bonds. The predicted octanol–water partition coefficient (Wildman–Crippen LogP) is 3.32. The van der Waals surface area contributed by atoms with E-state index in [4.69, 9.17) is 15.2 Å². The Labute approximate surface area is 161 Å². The topological polar surface area (TPSA) is 117 Å². The molecule has 0 bridgehead atoms. The first kappa shape index (κ1) is 17.5. The van der Waals surface area contributed by atoms with Crippen LogP contribution in [0.5, 0.6) is 17.4 Å². The SMILES string of the molecule is COc1cc([C@H]2C(C#N)=C(N)Oc3n[nH]c(-c4ccc(C)cc4)c32)ccc1O. The lowest BCUT2D eigenvalue weighted by molar-refractivity contribution is 0.371. The molecule has 4 N–H and O–H groups in total. The van der Waals surface area contributed by atoms with E-state index in [9.17, 15) is 10.4 Å². The maximum atomic E-state index is 9.95. The summed E-state index contributed by atoms with van der Waals surface area (Å²) in [5, 5.41) is 27.0. The van der Waals surface area contributed by atoms with E-state index in [2.05, 4.69) is 16.3 Å². The fourth-order valence-electron chi connectivity index (χ4n) is 3.39. The van der Waals surface area contributed by atoms with Crippen molar-refractivity contribution in [1.82, 2.24) is 10.2 Å². The summed E-state index contributed by atoms with van der Waals surface area (Å²) in [5.74, 6) is 0.137. The van der Waals surface area contributed by atoms with Crippen LogP contribution in [0.2, 0.25) is 0 Å². The third kappa shape index (κ3) is 2.72. The number of hydrogen-bond donors (Lipinski definition) is 3. The van der Waals surface area contributed by atoms with E-state index in [1.807, 2.05) is 31.2 Å². The van der Waals surface area contributed by atoms with Crippen LogP contribution >= 0.6 is 0 Å². The molecule has 0 unspecified atom stereocenters. The van der Waals surface area contributed by atoms with Gasteiger partial charge in [0.2, 0.25) is 11.8 Å². The number of nitrogens with two attached hydrogens (primary N) is 1. The maximum absolute atomic E-state index is 9.95. The molecule has 0 saturated heterocycles. The number of aromatic hydroxyl groups is 1. The van der Waals surface area contributed by atoms with Crippen molar-refractivity contribution in [2.24, 2.45) is 5.73 Å². The highest BCUT2D eigenvalue weighted by molar-refractivity contribution is 5.71. The first-order valence-corrected chi connectivity index (χ1v) is 8.63. The number of nitrogens with one attached hydrogen (secondary N) is 1. The number of nitrogens with zero attached hydrogens (tertiary/aromatic N) is 2. The molecule has 1 atom stereocenters. The minimum Gasteiger partial charge on any atom is -0.504 e. The molecule has 0 radical (unpaired) electrons. The van der Waals surface area contributed by atoms with Gasteiger partial charge in [0.25, 0.3) is 0 Å². The molecule has 7 nitrogen and oxygen atoms in total. The molecule has 1 aromatic heterocycles. The lowest BCUT2D eigenvalue weighted by Gasteiger charge is -2.24. The van der Waals surface area contributed by atoms with Crippen LogP contribution in [0.4, 0.5) is 0 Å². The molecule has 3 aromatic rings. The quantitative estimate of drug-likeness (QED) is 0.647. The third-order valence-electron chi connectivity index (χ3n) is 4.82. The summed E-state index contributed by atoms with van der Waals surface area (Å²) in [7, 11) is 1.47. The molecular weight excluding hydrogens is 356 g/mol. The van der Waals surface area contributed by atoms with Gasteiger partial charge in [0.15, 0.2) is 11.5 Å². The number of allylic oxidation sites excluding steroid dienone is 1. The highest BCUT2D eigenvalue weighted by atomic mass is 16.5. The van der Waals surface area contributed by atoms with Crippen molar-refractivity contribution in [3.63, 3.8) is 0 Å². The van der Waals surface area contributed by atoms with Gasteiger partial charge in [-0.2, -0.15) is 5.26 Å². The van der Waals surface area contributed by atoms with E-state index >= 15 is 0 Å². The van der Waals surface area contributed by atoms with Crippen molar-refractivity contribution in [2.75, 3.05) is 7.11 Å². The maximum Gasteiger partial charge on any atom is 0.244 e. The van der Waals surface area contributed by atoms with Crippen LogP contribution in [0.3, 0.4) is 0 Å². The number of H-pyrrole nitrogens is 1. The van der Waals surface area contributed by atoms with Crippen molar-refractivity contribution in [3.8, 4) is 34.7 Å². The number of rotatable bonds is 3. The second-order valence-electron chi connectivity index (χ2n) is 6.54. The lowest BCUT2D eigenvalue weighted by atomic mass is 9.83. The van der Waals surface area contributed by atoms with E-state index < -0.39 is 5.92 Å². The van der Waals surface area contributed by atoms with Crippen molar-refractivity contribution in [3.05, 3.63) is 70.6 Å². The van der Waals surface area contributed by atoms with Crippen LogP contribution in [0.15, 0.2) is 53.9 Å². The average molecular weight is 374 g/mol. The van der Waals surface area contributed by atoms with Crippen molar-refractivity contribution in [2.45, 2.75) is 12.8 Å². The first-order chi connectivity index (χ1) is 13.5. The number of hydrogen-bond acceptors (Lipinski definition) is 6. The van der Waals surface area contributed by atoms with E-state index in [-0.39, 0.29) is 17.2 Å². The van der Waals surface area contributed by atoms with Gasteiger partial charge in [-0.05, 0) is 24.6 Å². The van der Waals surface area contributed by atoms with E-state index in [0.717, 1.165) is 22.4 Å². The second-order valence-corrected chi connectivity index (χ2v) is 6.54. The molecule has 7 heteroatoms. The van der Waals surface area contributed by atoms with Gasteiger partial charge < -0.3 is 20.3 Å². The van der Waals surface area contributed by atoms with Gasteiger partial charge in [-0.3, -0.25) is 5.10 Å². The van der Waals surface area contributed by atoms with Crippen LogP contribution in [0, 0.1) is 18.3 Å². The van der Waals surface area contributed by atoms with Crippen LogP contribution < -0.4 is 15.2 Å². The highest BCUT2D eigenvalue weighted by Gasteiger charge is 2.36. The third-order valence-corrected chi connectivity index (χ3v) is 4.82. The number of fused-ring (bicyclic) bond motifs is 1. The summed E-state index contributed by atoms with van der Waals surface area (Å²) in [4.78, 5) is 0. The van der Waals surface area contributed by atoms with Crippen molar-refractivity contribution in [1.29, 1.82) is 5.26 Å². The number of aromatic nitrogens is 2. The van der Waals surface area contributed by atoms with Gasteiger partial charge in [0.1, 0.15) is 11.6 Å². The summed E-state index contributed by atoms with van der Waals surface area (Å²) in [6, 6.07) is 15.1. The molecule has 1 aliphatic rings. The van der Waals surface area contributed by atoms with Gasteiger partial charge in [-0.15, -0.1) is 5.10 Å². The molecule has 28 heavy (non-hydrogen) atoms. The number of aryl methyl sites for hydroxylation is 1. The van der Waals surface area contributed by atoms with Crippen LogP contribution in [-0.2, 0) is 0 Å². The molecule has 0 fully saturated rings. The molecule has 0 saturated carbocycles. The second kappa shape index (κ2) is 6.67. The number of methoxy groups -OCH3 is 1. The zero-order chi connectivity index (χ0) is 19.8. The number of benzene rings is 2. The Kier molecular flexibility index (Phi) is 4.17. The Hall–Kier alpha value is -3.92. The number of ether oxygens (including phenoxy) is 2. The normalized spacial score (nSPS) is 15.5. The van der Waals surface area contributed by atoms with Crippen LogP contribution in [0.25, 0.3) is 11.3 Å². The van der Waals surface area contributed by atoms with Gasteiger partial charge in [-0.1, -0.05) is 35.9 Å². The largest absolute Gasteiger partial charge is 0.504 e.